The van der Waals surface area contributed by atoms with E-state index >= 15 is 4.39 Å². The van der Waals surface area contributed by atoms with Crippen molar-refractivity contribution in [3.05, 3.63) is 41.5 Å². The molecule has 2 aromatic rings. The standard InChI is InChI=1S/C21H23FN6O4S/c1-26-10-11(9-23-26)21(31,32)28-18(29)12-7-17(33-25-20(30)5-6-20)13(22)8-16(12)27-15-4-2-3-14(15)24-19(27)28/h7-10,14-15,25,30-32H,2-6H2,1H3. The average Bonchev–Trinajstić information content (AvgIpc) is 3.12. The van der Waals surface area contributed by atoms with Crippen LogP contribution >= 0.6 is 11.9 Å². The lowest BCUT2D eigenvalue weighted by Gasteiger charge is -2.43. The number of benzene rings is 1. The molecule has 0 saturated heterocycles. The van der Waals surface area contributed by atoms with E-state index in [0.29, 0.717) is 18.5 Å². The van der Waals surface area contributed by atoms with E-state index in [1.54, 1.807) is 11.9 Å². The van der Waals surface area contributed by atoms with E-state index in [1.807, 2.05) is 0 Å². The van der Waals surface area contributed by atoms with Gasteiger partial charge in [-0.3, -0.25) is 9.48 Å². The number of aromatic nitrogens is 2. The minimum absolute atomic E-state index is 0.0100. The highest BCUT2D eigenvalue weighted by Crippen LogP contribution is 2.45. The first-order valence-electron chi connectivity index (χ1n) is 10.8. The topological polar surface area (TPSA) is 126 Å². The van der Waals surface area contributed by atoms with Gasteiger partial charge >= 0.3 is 0 Å². The summed E-state index contributed by atoms with van der Waals surface area (Å²) in [5.74, 6) is -3.85. The van der Waals surface area contributed by atoms with E-state index < -0.39 is 23.4 Å². The molecule has 33 heavy (non-hydrogen) atoms. The van der Waals surface area contributed by atoms with Gasteiger partial charge < -0.3 is 20.2 Å². The van der Waals surface area contributed by atoms with Crippen LogP contribution in [0.25, 0.3) is 0 Å². The summed E-state index contributed by atoms with van der Waals surface area (Å²) in [6.45, 7) is 0. The molecule has 1 amide bonds. The van der Waals surface area contributed by atoms with E-state index in [4.69, 9.17) is 0 Å². The average molecular weight is 475 g/mol. The molecule has 4 aliphatic rings. The number of carbonyl (C=O) groups excluding carboxylic acids is 1. The number of aliphatic imine (C=N–C) groups is 1. The number of amides is 1. The molecule has 12 heteroatoms. The molecule has 2 unspecified atom stereocenters. The highest BCUT2D eigenvalue weighted by molar-refractivity contribution is 7.97. The van der Waals surface area contributed by atoms with Crippen LogP contribution < -0.4 is 9.62 Å². The fourth-order valence-electron chi connectivity index (χ4n) is 4.76. The quantitative estimate of drug-likeness (QED) is 0.373. The predicted octanol–water partition coefficient (Wildman–Crippen LogP) is 0.986. The molecule has 2 fully saturated rings. The van der Waals surface area contributed by atoms with Crippen LogP contribution in [0, 0.1) is 5.82 Å². The van der Waals surface area contributed by atoms with Crippen LogP contribution in [0.3, 0.4) is 0 Å². The Morgan fingerprint density at radius 2 is 2.09 bits per heavy atom. The monoisotopic (exact) mass is 474 g/mol. The third-order valence-corrected chi connectivity index (χ3v) is 7.71. The first kappa shape index (κ1) is 21.1. The van der Waals surface area contributed by atoms with Crippen molar-refractivity contribution >= 4 is 29.5 Å². The smallest absolute Gasteiger partial charge is 0.287 e. The van der Waals surface area contributed by atoms with Crippen LogP contribution in [0.5, 0.6) is 0 Å². The highest BCUT2D eigenvalue weighted by Gasteiger charge is 2.54. The summed E-state index contributed by atoms with van der Waals surface area (Å²) in [5, 5.41) is 36.3. The van der Waals surface area contributed by atoms with Crippen molar-refractivity contribution in [3.63, 3.8) is 0 Å². The zero-order chi connectivity index (χ0) is 23.1. The Labute approximate surface area is 192 Å². The summed E-state index contributed by atoms with van der Waals surface area (Å²) in [6.07, 6.45) is 6.36. The lowest BCUT2D eigenvalue weighted by Crippen LogP contribution is -2.61. The maximum atomic E-state index is 15.1. The maximum Gasteiger partial charge on any atom is 0.287 e. The molecular weight excluding hydrogens is 451 g/mol. The van der Waals surface area contributed by atoms with E-state index in [2.05, 4.69) is 14.8 Å². The molecule has 2 aliphatic carbocycles. The third-order valence-electron chi connectivity index (χ3n) is 6.69. The molecule has 1 aromatic heterocycles. The van der Waals surface area contributed by atoms with Crippen LogP contribution in [-0.4, -0.2) is 59.7 Å². The maximum absolute atomic E-state index is 15.1. The zero-order valence-electron chi connectivity index (χ0n) is 17.8. The van der Waals surface area contributed by atoms with Crippen LogP contribution in [0.4, 0.5) is 10.1 Å². The molecule has 174 valence electrons. The van der Waals surface area contributed by atoms with Crippen molar-refractivity contribution in [2.24, 2.45) is 12.0 Å². The van der Waals surface area contributed by atoms with Gasteiger partial charge in [0, 0.05) is 13.2 Å². The van der Waals surface area contributed by atoms with Gasteiger partial charge in [0.25, 0.3) is 11.8 Å². The van der Waals surface area contributed by atoms with Gasteiger partial charge in [0.15, 0.2) is 0 Å². The number of hydrogen-bond donors (Lipinski definition) is 4. The van der Waals surface area contributed by atoms with Gasteiger partial charge in [-0.05, 0) is 56.2 Å². The molecule has 10 nitrogen and oxygen atoms in total. The Bertz CT molecular complexity index is 1200. The molecule has 0 bridgehead atoms. The molecule has 4 N–H and O–H groups in total. The van der Waals surface area contributed by atoms with Crippen molar-refractivity contribution in [1.82, 2.24) is 19.4 Å². The lowest BCUT2D eigenvalue weighted by molar-refractivity contribution is -0.234. The van der Waals surface area contributed by atoms with E-state index in [9.17, 15) is 20.1 Å². The number of carbonyl (C=O) groups is 1. The van der Waals surface area contributed by atoms with Gasteiger partial charge in [-0.25, -0.2) is 19.0 Å². The Balaban J connectivity index is 1.46. The number of rotatable bonds is 5. The predicted molar refractivity (Wildman–Crippen MR) is 116 cm³/mol. The molecule has 2 aliphatic heterocycles. The van der Waals surface area contributed by atoms with E-state index in [1.165, 1.54) is 29.2 Å². The van der Waals surface area contributed by atoms with Crippen LogP contribution in [0.1, 0.15) is 48.0 Å². The van der Waals surface area contributed by atoms with Crippen LogP contribution in [-0.2, 0) is 13.0 Å². The van der Waals surface area contributed by atoms with Gasteiger partial charge in [-0.1, -0.05) is 0 Å². The summed E-state index contributed by atoms with van der Waals surface area (Å²) < 4.78 is 19.3. The first-order valence-corrected chi connectivity index (χ1v) is 11.6. The number of fused-ring (bicyclic) bond motifs is 5. The van der Waals surface area contributed by atoms with Gasteiger partial charge in [-0.2, -0.15) is 5.10 Å². The summed E-state index contributed by atoms with van der Waals surface area (Å²) in [6, 6.07) is 2.47. The van der Waals surface area contributed by atoms with Gasteiger partial charge in [0.2, 0.25) is 5.96 Å². The molecule has 0 spiro atoms. The van der Waals surface area contributed by atoms with Crippen molar-refractivity contribution in [1.29, 1.82) is 0 Å². The second-order valence-corrected chi connectivity index (χ2v) is 9.93. The third kappa shape index (κ3) is 3.20. The van der Waals surface area contributed by atoms with Gasteiger partial charge in [0.1, 0.15) is 11.5 Å². The van der Waals surface area contributed by atoms with E-state index in [-0.39, 0.29) is 34.1 Å². The summed E-state index contributed by atoms with van der Waals surface area (Å²) >= 11 is 0.912. The Morgan fingerprint density at radius 3 is 2.79 bits per heavy atom. The number of halogens is 1. The minimum Gasteiger partial charge on any atom is -0.375 e. The lowest BCUT2D eigenvalue weighted by atomic mass is 10.0. The number of aliphatic hydroxyl groups is 3. The largest absolute Gasteiger partial charge is 0.375 e. The number of anilines is 1. The number of hydrogen-bond acceptors (Lipinski definition) is 9. The second-order valence-electron chi connectivity index (χ2n) is 9.08. The Kier molecular flexibility index (Phi) is 4.46. The highest BCUT2D eigenvalue weighted by atomic mass is 32.2. The molecule has 0 radical (unpaired) electrons. The van der Waals surface area contributed by atoms with Gasteiger partial charge in [0.05, 0.1) is 40.0 Å². The van der Waals surface area contributed by atoms with Crippen molar-refractivity contribution in [3.8, 4) is 0 Å². The summed E-state index contributed by atoms with van der Waals surface area (Å²) in [7, 11) is 1.63. The molecule has 6 rings (SSSR count). The number of aryl methyl sites for hydroxylation is 1. The fourth-order valence-corrected chi connectivity index (χ4v) is 5.60. The van der Waals surface area contributed by atoms with E-state index in [0.717, 1.165) is 36.1 Å². The number of nitrogens with zero attached hydrogens (tertiary/aromatic N) is 5. The van der Waals surface area contributed by atoms with Crippen molar-refractivity contribution in [2.75, 3.05) is 4.90 Å². The first-order chi connectivity index (χ1) is 15.7. The van der Waals surface area contributed by atoms with Gasteiger partial charge in [-0.15, -0.1) is 0 Å². The van der Waals surface area contributed by atoms with Crippen molar-refractivity contribution < 1.29 is 24.5 Å². The Hall–Kier alpha value is -2.51. The van der Waals surface area contributed by atoms with Crippen molar-refractivity contribution in [2.45, 2.75) is 60.7 Å². The SMILES string of the molecule is Cn1cc(C(O)(O)N2C(=O)c3cc(SNC4(O)CC4)c(F)cc3N3C2=NC2CCCC23)cn1. The fraction of sp³-hybridized carbons (Fsp3) is 0.476. The molecule has 2 atom stereocenters. The molecular formula is C21H23FN6O4S. The Morgan fingerprint density at radius 1 is 1.30 bits per heavy atom. The summed E-state index contributed by atoms with van der Waals surface area (Å²) in [4.78, 5) is 21.1. The van der Waals surface area contributed by atoms with Crippen LogP contribution in [0.2, 0.25) is 0 Å². The number of nitrogens with one attached hydrogen (secondary N) is 1. The molecule has 3 heterocycles. The normalized spacial score (nSPS) is 25.1. The summed E-state index contributed by atoms with van der Waals surface area (Å²) in [5.41, 5.74) is -0.527. The second kappa shape index (κ2) is 7.00. The van der Waals surface area contributed by atoms with Crippen LogP contribution in [0.15, 0.2) is 34.4 Å². The molecule has 1 aromatic carbocycles. The minimum atomic E-state index is -2.71. The molecule has 2 saturated carbocycles. The zero-order valence-corrected chi connectivity index (χ0v) is 18.6. The number of guanidine groups is 1.